The molecule has 2 rings (SSSR count). The molecule has 0 saturated carbocycles. The molecule has 0 radical (unpaired) electrons. The molecule has 19 heavy (non-hydrogen) atoms. The summed E-state index contributed by atoms with van der Waals surface area (Å²) < 4.78 is 6.62. The molecule has 1 aromatic heterocycles. The zero-order valence-electron chi connectivity index (χ0n) is 11.4. The number of hydrogen-bond donors (Lipinski definition) is 0. The van der Waals surface area contributed by atoms with Gasteiger partial charge in [0, 0.05) is 16.9 Å². The Morgan fingerprint density at radius 1 is 1.21 bits per heavy atom. The van der Waals surface area contributed by atoms with Crippen LogP contribution in [0.5, 0.6) is 0 Å². The fourth-order valence-electron chi connectivity index (χ4n) is 1.80. The number of hydrogen-bond acceptors (Lipinski definition) is 3. The number of aromatic nitrogens is 1. The predicted octanol–water partition coefficient (Wildman–Crippen LogP) is 1.90. The molecule has 0 saturated heterocycles. The first-order chi connectivity index (χ1) is 9.04. The summed E-state index contributed by atoms with van der Waals surface area (Å²) in [7, 11) is 0. The Kier molecular flexibility index (Phi) is 3.69. The van der Waals surface area contributed by atoms with Gasteiger partial charge in [0.1, 0.15) is 0 Å². The molecule has 100 valence electrons. The van der Waals surface area contributed by atoms with Gasteiger partial charge in [-0.15, -0.1) is 0 Å². The molecule has 0 aliphatic carbocycles. The van der Waals surface area contributed by atoms with Crippen molar-refractivity contribution >= 4 is 16.9 Å². The van der Waals surface area contributed by atoms with E-state index in [0.29, 0.717) is 6.61 Å². The smallest absolute Gasteiger partial charge is 0.357 e. The Labute approximate surface area is 112 Å². The van der Waals surface area contributed by atoms with E-state index in [4.69, 9.17) is 9.57 Å². The van der Waals surface area contributed by atoms with Crippen LogP contribution in [0.4, 0.5) is 0 Å². The van der Waals surface area contributed by atoms with Gasteiger partial charge in [-0.3, -0.25) is 4.84 Å². The van der Waals surface area contributed by atoms with E-state index < -0.39 is 5.60 Å². The first-order valence-electron chi connectivity index (χ1n) is 6.31. The summed E-state index contributed by atoms with van der Waals surface area (Å²) in [6, 6.07) is 11.7. The minimum absolute atomic E-state index is 0.339. The molecule has 0 amide bonds. The monoisotopic (exact) mass is 260 g/mol. The van der Waals surface area contributed by atoms with Crippen LogP contribution in [0.25, 0.3) is 10.9 Å². The fourth-order valence-corrected chi connectivity index (χ4v) is 1.80. The van der Waals surface area contributed by atoms with Gasteiger partial charge in [-0.1, -0.05) is 12.1 Å². The first kappa shape index (κ1) is 13.3. The lowest BCUT2D eigenvalue weighted by molar-refractivity contribution is -0.883. The Hall–Kier alpha value is -2.10. The highest BCUT2D eigenvalue weighted by atomic mass is 16.7. The topological polar surface area (TPSA) is 39.4 Å². The maximum atomic E-state index is 11.8. The highest BCUT2D eigenvalue weighted by Crippen LogP contribution is 2.10. The van der Waals surface area contributed by atoms with Gasteiger partial charge in [0.15, 0.2) is 0 Å². The van der Waals surface area contributed by atoms with Crippen molar-refractivity contribution in [3.63, 3.8) is 0 Å². The second kappa shape index (κ2) is 5.26. The van der Waals surface area contributed by atoms with E-state index in [9.17, 15) is 4.79 Å². The number of carbonyl (C=O) groups is 1. The summed E-state index contributed by atoms with van der Waals surface area (Å²) in [5.74, 6) is -0.379. The summed E-state index contributed by atoms with van der Waals surface area (Å²) in [6.07, 6.45) is 1.78. The van der Waals surface area contributed by atoms with Gasteiger partial charge >= 0.3 is 5.97 Å². The largest absolute Gasteiger partial charge is 0.463 e. The highest BCUT2D eigenvalue weighted by molar-refractivity contribution is 5.78. The van der Waals surface area contributed by atoms with E-state index >= 15 is 0 Å². The Bertz CT molecular complexity index is 587. The van der Waals surface area contributed by atoms with Crippen LogP contribution >= 0.6 is 0 Å². The van der Waals surface area contributed by atoms with Crippen LogP contribution in [0.15, 0.2) is 42.6 Å². The van der Waals surface area contributed by atoms with E-state index in [0.717, 1.165) is 10.9 Å². The van der Waals surface area contributed by atoms with Crippen molar-refractivity contribution in [3.8, 4) is 0 Å². The third kappa shape index (κ3) is 2.84. The van der Waals surface area contributed by atoms with Crippen LogP contribution in [0.3, 0.4) is 0 Å². The third-order valence-electron chi connectivity index (χ3n) is 2.77. The number of benzene rings is 1. The summed E-state index contributed by atoms with van der Waals surface area (Å²) in [6.45, 7) is 5.50. The molecular formula is C15H18NO3+. The molecule has 0 aliphatic heterocycles. The molecule has 0 N–H and O–H groups in total. The maximum Gasteiger partial charge on any atom is 0.357 e. The van der Waals surface area contributed by atoms with Crippen molar-refractivity contribution in [2.75, 3.05) is 6.61 Å². The molecule has 2 aromatic rings. The molecule has 0 aliphatic rings. The van der Waals surface area contributed by atoms with Crippen LogP contribution in [0.1, 0.15) is 20.8 Å². The average Bonchev–Trinajstić information content (AvgIpc) is 2.39. The molecule has 0 atom stereocenters. The number of esters is 1. The molecule has 0 bridgehead atoms. The molecule has 1 aromatic carbocycles. The van der Waals surface area contributed by atoms with Gasteiger partial charge in [0.2, 0.25) is 6.20 Å². The van der Waals surface area contributed by atoms with Gasteiger partial charge < -0.3 is 4.74 Å². The van der Waals surface area contributed by atoms with Gasteiger partial charge in [0.25, 0.3) is 11.1 Å². The van der Waals surface area contributed by atoms with Crippen LogP contribution in [0, 0.1) is 0 Å². The summed E-state index contributed by atoms with van der Waals surface area (Å²) in [5, 5.41) is 1.05. The lowest BCUT2D eigenvalue weighted by Gasteiger charge is -2.18. The van der Waals surface area contributed by atoms with Crippen LogP contribution < -0.4 is 9.57 Å². The predicted molar refractivity (Wildman–Crippen MR) is 71.4 cm³/mol. The van der Waals surface area contributed by atoms with Crippen molar-refractivity contribution in [1.29, 1.82) is 0 Å². The summed E-state index contributed by atoms with van der Waals surface area (Å²) >= 11 is 0. The average molecular weight is 260 g/mol. The van der Waals surface area contributed by atoms with E-state index in [1.165, 1.54) is 0 Å². The van der Waals surface area contributed by atoms with Crippen LogP contribution in [-0.2, 0) is 9.53 Å². The second-order valence-electron chi connectivity index (χ2n) is 4.71. The van der Waals surface area contributed by atoms with Crippen molar-refractivity contribution in [2.24, 2.45) is 0 Å². The molecule has 1 heterocycles. The molecule has 0 fully saturated rings. The number of nitrogens with zero attached hydrogens (tertiary/aromatic N) is 1. The summed E-state index contributed by atoms with van der Waals surface area (Å²) in [4.78, 5) is 17.6. The minimum atomic E-state index is -1.04. The van der Waals surface area contributed by atoms with E-state index in [1.807, 2.05) is 36.4 Å². The van der Waals surface area contributed by atoms with Crippen LogP contribution in [0.2, 0.25) is 0 Å². The number of rotatable bonds is 4. The number of ether oxygens (including phenoxy) is 1. The number of fused-ring (bicyclic) bond motifs is 1. The zero-order valence-corrected chi connectivity index (χ0v) is 11.4. The zero-order chi connectivity index (χ0) is 13.9. The first-order valence-corrected chi connectivity index (χ1v) is 6.31. The van der Waals surface area contributed by atoms with Gasteiger partial charge in [-0.25, -0.2) is 4.79 Å². The van der Waals surface area contributed by atoms with Crippen LogP contribution in [-0.4, -0.2) is 18.2 Å². The van der Waals surface area contributed by atoms with Crippen molar-refractivity contribution < 1.29 is 19.1 Å². The second-order valence-corrected chi connectivity index (χ2v) is 4.71. The van der Waals surface area contributed by atoms with E-state index in [2.05, 4.69) is 0 Å². The minimum Gasteiger partial charge on any atom is -0.463 e. The molecule has 4 heteroatoms. The number of para-hydroxylation sites is 1. The lowest BCUT2D eigenvalue weighted by atomic mass is 10.1. The third-order valence-corrected chi connectivity index (χ3v) is 2.77. The van der Waals surface area contributed by atoms with Gasteiger partial charge in [-0.2, -0.15) is 0 Å². The molecule has 0 spiro atoms. The van der Waals surface area contributed by atoms with Gasteiger partial charge in [0.05, 0.1) is 12.0 Å². The number of carbonyl (C=O) groups excluding carboxylic acids is 1. The Morgan fingerprint density at radius 2 is 1.89 bits per heavy atom. The molecule has 4 nitrogen and oxygen atoms in total. The van der Waals surface area contributed by atoms with E-state index in [-0.39, 0.29) is 5.97 Å². The molecular weight excluding hydrogens is 242 g/mol. The lowest BCUT2D eigenvalue weighted by Crippen LogP contribution is -2.57. The quantitative estimate of drug-likeness (QED) is 0.622. The van der Waals surface area contributed by atoms with Crippen molar-refractivity contribution in [1.82, 2.24) is 0 Å². The summed E-state index contributed by atoms with van der Waals surface area (Å²) in [5.41, 5.74) is -0.132. The van der Waals surface area contributed by atoms with Crippen molar-refractivity contribution in [3.05, 3.63) is 42.6 Å². The standard InChI is InChI=1S/C15H18NO3/c1-4-18-14(17)15(2,3)19-16-11-7-9-12-8-5-6-10-13(12)16/h5-11H,4H2,1-3H3/q+1. The SMILES string of the molecule is CCOC(=O)C(C)(C)O[n+]1cccc2ccccc21. The molecule has 0 unspecified atom stereocenters. The van der Waals surface area contributed by atoms with E-state index in [1.54, 1.807) is 31.7 Å². The van der Waals surface area contributed by atoms with Crippen molar-refractivity contribution in [2.45, 2.75) is 26.4 Å². The Balaban J connectivity index is 2.33. The highest BCUT2D eigenvalue weighted by Gasteiger charge is 2.37. The van der Waals surface area contributed by atoms with Gasteiger partial charge in [-0.05, 0) is 32.9 Å². The normalized spacial score (nSPS) is 11.3. The fraction of sp³-hybridized carbons (Fsp3) is 0.333. The number of pyridine rings is 1. The maximum absolute atomic E-state index is 11.8. The Morgan fingerprint density at radius 3 is 2.63 bits per heavy atom.